The Kier molecular flexibility index (Phi) is 7.57. The molecule has 176 valence electrons. The summed E-state index contributed by atoms with van der Waals surface area (Å²) >= 11 is 0. The maximum atomic E-state index is 12.5. The van der Waals surface area contributed by atoms with E-state index in [2.05, 4.69) is 39.3 Å². The van der Waals surface area contributed by atoms with Crippen molar-refractivity contribution >= 4 is 29.0 Å². The number of nitrogens with zero attached hydrogens (tertiary/aromatic N) is 3. The average Bonchev–Trinajstić information content (AvgIpc) is 2.80. The maximum absolute atomic E-state index is 12.5. The molecule has 0 saturated carbocycles. The van der Waals surface area contributed by atoms with Gasteiger partial charge in [0.1, 0.15) is 5.82 Å². The summed E-state index contributed by atoms with van der Waals surface area (Å²) in [6.07, 6.45) is 3.54. The molecule has 0 aliphatic carbocycles. The summed E-state index contributed by atoms with van der Waals surface area (Å²) in [6.45, 7) is 7.69. The fraction of sp³-hybridized carbons (Fsp3) is 0.480. The molecule has 2 aliphatic rings. The normalized spacial score (nSPS) is 22.1. The van der Waals surface area contributed by atoms with Gasteiger partial charge < -0.3 is 20.3 Å². The topological polar surface area (TPSA) is 86.8 Å². The minimum absolute atomic E-state index is 0.00180. The van der Waals surface area contributed by atoms with Crippen molar-refractivity contribution in [3.05, 3.63) is 48.7 Å². The van der Waals surface area contributed by atoms with E-state index in [0.717, 1.165) is 50.4 Å². The zero-order chi connectivity index (χ0) is 23.2. The Labute approximate surface area is 195 Å². The molecule has 1 aromatic carbocycles. The van der Waals surface area contributed by atoms with Gasteiger partial charge in [0.25, 0.3) is 0 Å². The molecule has 1 aromatic heterocycles. The highest BCUT2D eigenvalue weighted by Gasteiger charge is 2.26. The molecule has 4 rings (SSSR count). The number of ether oxygens (including phenoxy) is 1. The van der Waals surface area contributed by atoms with Crippen LogP contribution in [0, 0.1) is 5.92 Å². The molecule has 2 saturated heterocycles. The predicted molar refractivity (Wildman–Crippen MR) is 129 cm³/mol. The van der Waals surface area contributed by atoms with Gasteiger partial charge in [-0.15, -0.1) is 0 Å². The van der Waals surface area contributed by atoms with Gasteiger partial charge in [-0.3, -0.25) is 14.5 Å². The lowest BCUT2D eigenvalue weighted by Crippen LogP contribution is -2.45. The molecule has 0 radical (unpaired) electrons. The van der Waals surface area contributed by atoms with Gasteiger partial charge in [-0.25, -0.2) is 4.98 Å². The van der Waals surface area contributed by atoms with Crippen LogP contribution < -0.4 is 15.5 Å². The second kappa shape index (κ2) is 10.8. The molecule has 2 aromatic rings. The lowest BCUT2D eigenvalue weighted by Gasteiger charge is -2.36. The highest BCUT2D eigenvalue weighted by molar-refractivity contribution is 5.93. The van der Waals surface area contributed by atoms with Gasteiger partial charge in [-0.2, -0.15) is 0 Å². The lowest BCUT2D eigenvalue weighted by atomic mass is 9.96. The number of pyridine rings is 1. The van der Waals surface area contributed by atoms with Crippen LogP contribution in [0.15, 0.2) is 48.7 Å². The minimum Gasteiger partial charge on any atom is -0.372 e. The Morgan fingerprint density at radius 2 is 1.70 bits per heavy atom. The third kappa shape index (κ3) is 6.52. The highest BCUT2D eigenvalue weighted by Crippen LogP contribution is 2.23. The number of likely N-dealkylation sites (tertiary alicyclic amines) is 1. The smallest absolute Gasteiger partial charge is 0.238 e. The second-order valence-electron chi connectivity index (χ2n) is 9.01. The van der Waals surface area contributed by atoms with E-state index in [1.807, 2.05) is 36.4 Å². The number of nitrogens with one attached hydrogen (secondary N) is 2. The van der Waals surface area contributed by atoms with E-state index in [1.165, 1.54) is 0 Å². The second-order valence-corrected chi connectivity index (χ2v) is 9.01. The van der Waals surface area contributed by atoms with E-state index in [0.29, 0.717) is 12.4 Å². The number of hydrogen-bond acceptors (Lipinski definition) is 6. The number of carbonyl (C=O) groups excluding carboxylic acids is 2. The summed E-state index contributed by atoms with van der Waals surface area (Å²) in [6, 6.07) is 13.4. The number of benzene rings is 1. The van der Waals surface area contributed by atoms with Gasteiger partial charge >= 0.3 is 0 Å². The lowest BCUT2D eigenvalue weighted by molar-refractivity contribution is -0.121. The molecular weight excluding hydrogens is 418 g/mol. The molecule has 3 heterocycles. The number of carbonyl (C=O) groups is 2. The first-order valence-corrected chi connectivity index (χ1v) is 11.7. The Hall–Kier alpha value is -2.97. The molecule has 2 atom stereocenters. The van der Waals surface area contributed by atoms with Crippen LogP contribution in [-0.4, -0.2) is 66.6 Å². The van der Waals surface area contributed by atoms with E-state index < -0.39 is 0 Å². The van der Waals surface area contributed by atoms with Crippen molar-refractivity contribution < 1.29 is 14.3 Å². The predicted octanol–water partition coefficient (Wildman–Crippen LogP) is 2.98. The minimum atomic E-state index is -0.0514. The highest BCUT2D eigenvalue weighted by atomic mass is 16.5. The van der Waals surface area contributed by atoms with Crippen LogP contribution >= 0.6 is 0 Å². The van der Waals surface area contributed by atoms with Crippen molar-refractivity contribution in [1.82, 2.24) is 9.88 Å². The first kappa shape index (κ1) is 23.2. The van der Waals surface area contributed by atoms with E-state index in [9.17, 15) is 9.59 Å². The Morgan fingerprint density at radius 3 is 2.33 bits per heavy atom. The summed E-state index contributed by atoms with van der Waals surface area (Å²) in [4.78, 5) is 33.6. The quantitative estimate of drug-likeness (QED) is 0.702. The molecule has 0 spiro atoms. The van der Waals surface area contributed by atoms with Crippen molar-refractivity contribution in [2.24, 2.45) is 5.92 Å². The maximum Gasteiger partial charge on any atom is 0.238 e. The van der Waals surface area contributed by atoms with Crippen LogP contribution in [0.5, 0.6) is 0 Å². The van der Waals surface area contributed by atoms with Crippen LogP contribution in [0.3, 0.4) is 0 Å². The largest absolute Gasteiger partial charge is 0.372 e. The first-order valence-electron chi connectivity index (χ1n) is 11.7. The first-order chi connectivity index (χ1) is 16.0. The van der Waals surface area contributed by atoms with Crippen molar-refractivity contribution in [2.45, 2.75) is 38.9 Å². The molecule has 2 fully saturated rings. The summed E-state index contributed by atoms with van der Waals surface area (Å²) in [5.74, 6) is 0.493. The van der Waals surface area contributed by atoms with Crippen LogP contribution in [0.1, 0.15) is 26.7 Å². The number of piperidine rings is 1. The molecule has 2 N–H and O–H groups in total. The third-order valence-corrected chi connectivity index (χ3v) is 6.18. The fourth-order valence-corrected chi connectivity index (χ4v) is 4.57. The zero-order valence-electron chi connectivity index (χ0n) is 19.4. The molecule has 8 nitrogen and oxygen atoms in total. The number of aromatic nitrogens is 1. The summed E-state index contributed by atoms with van der Waals surface area (Å²) < 4.78 is 5.80. The number of anilines is 3. The molecular formula is C25H33N5O3. The van der Waals surface area contributed by atoms with Gasteiger partial charge in [0.2, 0.25) is 11.8 Å². The monoisotopic (exact) mass is 451 g/mol. The summed E-state index contributed by atoms with van der Waals surface area (Å²) in [5.41, 5.74) is 1.93. The van der Waals surface area contributed by atoms with Gasteiger partial charge in [0.05, 0.1) is 18.8 Å². The van der Waals surface area contributed by atoms with E-state index in [4.69, 9.17) is 4.74 Å². The van der Waals surface area contributed by atoms with Gasteiger partial charge in [-0.05, 0) is 76.2 Å². The molecule has 8 heteroatoms. The van der Waals surface area contributed by atoms with E-state index in [1.54, 1.807) is 12.3 Å². The van der Waals surface area contributed by atoms with Crippen molar-refractivity contribution in [2.75, 3.05) is 48.3 Å². The summed E-state index contributed by atoms with van der Waals surface area (Å²) in [7, 11) is 0. The van der Waals surface area contributed by atoms with E-state index in [-0.39, 0.29) is 29.9 Å². The van der Waals surface area contributed by atoms with Gasteiger partial charge in [0.15, 0.2) is 0 Å². The Bertz CT molecular complexity index is 919. The fourth-order valence-electron chi connectivity index (χ4n) is 4.57. The Morgan fingerprint density at radius 1 is 1.00 bits per heavy atom. The number of morpholine rings is 1. The third-order valence-electron chi connectivity index (χ3n) is 6.18. The van der Waals surface area contributed by atoms with Crippen LogP contribution in [0.25, 0.3) is 0 Å². The van der Waals surface area contributed by atoms with Crippen molar-refractivity contribution in [3.63, 3.8) is 0 Å². The van der Waals surface area contributed by atoms with E-state index >= 15 is 0 Å². The average molecular weight is 452 g/mol. The zero-order valence-corrected chi connectivity index (χ0v) is 19.4. The Balaban J connectivity index is 1.21. The molecule has 2 amide bonds. The molecule has 33 heavy (non-hydrogen) atoms. The van der Waals surface area contributed by atoms with Crippen molar-refractivity contribution in [3.8, 4) is 0 Å². The number of hydrogen-bond donors (Lipinski definition) is 2. The molecule has 2 unspecified atom stereocenters. The number of amides is 2. The van der Waals surface area contributed by atoms with Gasteiger partial charge in [-0.1, -0.05) is 6.07 Å². The van der Waals surface area contributed by atoms with Crippen molar-refractivity contribution in [1.29, 1.82) is 0 Å². The summed E-state index contributed by atoms with van der Waals surface area (Å²) in [5, 5.41) is 5.87. The van der Waals surface area contributed by atoms with Crippen LogP contribution in [-0.2, 0) is 14.3 Å². The standard InChI is InChI=1S/C25H33N5O3/c1-18-15-30(16-19(2)33-18)22-8-6-21(7-9-22)27-24(31)17-29-13-10-20(11-14-29)25(32)28-23-5-3-4-12-26-23/h3-9,12,18-20H,10-11,13-17H2,1-2H3,(H,27,31)(H,26,28,32). The number of rotatable bonds is 6. The van der Waals surface area contributed by atoms with Crippen LogP contribution in [0.2, 0.25) is 0 Å². The SMILES string of the molecule is CC1CN(c2ccc(NC(=O)CN3CCC(C(=O)Nc4ccccn4)CC3)cc2)CC(C)O1. The molecule has 2 aliphatic heterocycles. The van der Waals surface area contributed by atoms with Crippen LogP contribution in [0.4, 0.5) is 17.2 Å². The molecule has 0 bridgehead atoms. The van der Waals surface area contributed by atoms with Gasteiger partial charge in [0, 0.05) is 36.6 Å².